The van der Waals surface area contributed by atoms with Gasteiger partial charge in [-0.25, -0.2) is 0 Å². The van der Waals surface area contributed by atoms with E-state index in [1.54, 1.807) is 12.4 Å². The van der Waals surface area contributed by atoms with Gasteiger partial charge in [-0.15, -0.1) is 0 Å². The quantitative estimate of drug-likeness (QED) is 0.750. The molecule has 4 nitrogen and oxygen atoms in total. The van der Waals surface area contributed by atoms with Crippen molar-refractivity contribution in [1.29, 1.82) is 0 Å². The molecule has 0 aromatic carbocycles. The van der Waals surface area contributed by atoms with Gasteiger partial charge < -0.3 is 15.0 Å². The molecule has 0 aliphatic carbocycles. The molecule has 1 aromatic heterocycles. The van der Waals surface area contributed by atoms with Crippen LogP contribution in [0.15, 0.2) is 23.3 Å². The van der Waals surface area contributed by atoms with Gasteiger partial charge in [0.1, 0.15) is 0 Å². The summed E-state index contributed by atoms with van der Waals surface area (Å²) in [5, 5.41) is 0. The van der Waals surface area contributed by atoms with Crippen LogP contribution in [0, 0.1) is 0 Å². The van der Waals surface area contributed by atoms with Crippen LogP contribution in [0.2, 0.25) is 0 Å². The molecule has 76 valence electrons. The predicted octanol–water partition coefficient (Wildman–Crippen LogP) is 0.610. The first-order valence-corrected chi connectivity index (χ1v) is 4.83. The fourth-order valence-electron chi connectivity index (χ4n) is 1.68. The van der Waals surface area contributed by atoms with Crippen LogP contribution >= 0.6 is 0 Å². The van der Waals surface area contributed by atoms with E-state index in [0.29, 0.717) is 5.69 Å². The fourth-order valence-corrected chi connectivity index (χ4v) is 1.68. The van der Waals surface area contributed by atoms with Crippen LogP contribution in [0.5, 0.6) is 0 Å². The number of pyridine rings is 1. The number of anilines is 1. The third kappa shape index (κ3) is 1.96. The molecule has 0 saturated carbocycles. The molecule has 1 atom stereocenters. The van der Waals surface area contributed by atoms with E-state index < -0.39 is 0 Å². The van der Waals surface area contributed by atoms with Gasteiger partial charge in [-0.1, -0.05) is 0 Å². The van der Waals surface area contributed by atoms with Crippen LogP contribution in [0.3, 0.4) is 0 Å². The Bertz CT molecular complexity index is 367. The summed E-state index contributed by atoms with van der Waals surface area (Å²) in [4.78, 5) is 11.0. The standard InChI is InChI=1S/C10H14N2O2/c11-9-7-12(4-3-10(9)13)6-8-2-1-5-14-8/h3-4,7-8H,1-2,5-6,11H2. The number of ether oxygens (including phenoxy) is 1. The highest BCUT2D eigenvalue weighted by Crippen LogP contribution is 2.13. The number of nitrogen functional groups attached to an aromatic ring is 1. The number of aromatic nitrogens is 1. The third-order valence-corrected chi connectivity index (χ3v) is 2.45. The van der Waals surface area contributed by atoms with Crippen LogP contribution < -0.4 is 11.2 Å². The van der Waals surface area contributed by atoms with E-state index >= 15 is 0 Å². The van der Waals surface area contributed by atoms with Crippen molar-refractivity contribution in [2.75, 3.05) is 12.3 Å². The molecule has 1 aromatic rings. The lowest BCUT2D eigenvalue weighted by Crippen LogP contribution is -2.17. The van der Waals surface area contributed by atoms with Crippen LogP contribution in [0.4, 0.5) is 5.69 Å². The van der Waals surface area contributed by atoms with E-state index in [1.807, 2.05) is 4.57 Å². The normalized spacial score (nSPS) is 21.3. The largest absolute Gasteiger partial charge is 0.394 e. The molecule has 1 unspecified atom stereocenters. The second-order valence-corrected chi connectivity index (χ2v) is 3.60. The summed E-state index contributed by atoms with van der Waals surface area (Å²) < 4.78 is 7.40. The van der Waals surface area contributed by atoms with E-state index in [4.69, 9.17) is 10.5 Å². The highest BCUT2D eigenvalue weighted by Gasteiger charge is 2.15. The number of nitrogens with zero attached hydrogens (tertiary/aromatic N) is 1. The maximum Gasteiger partial charge on any atom is 0.204 e. The number of hydrogen-bond donors (Lipinski definition) is 1. The van der Waals surface area contributed by atoms with E-state index in [-0.39, 0.29) is 11.5 Å². The summed E-state index contributed by atoms with van der Waals surface area (Å²) in [6.07, 6.45) is 5.91. The van der Waals surface area contributed by atoms with Crippen molar-refractivity contribution in [3.05, 3.63) is 28.7 Å². The molecule has 0 amide bonds. The summed E-state index contributed by atoms with van der Waals surface area (Å²) in [5.41, 5.74) is 5.70. The van der Waals surface area contributed by atoms with Crippen molar-refractivity contribution in [3.8, 4) is 0 Å². The lowest BCUT2D eigenvalue weighted by molar-refractivity contribution is 0.0969. The first-order chi connectivity index (χ1) is 6.75. The van der Waals surface area contributed by atoms with Crippen LogP contribution in [-0.2, 0) is 11.3 Å². The molecule has 0 radical (unpaired) electrons. The highest BCUT2D eigenvalue weighted by molar-refractivity contribution is 5.33. The van der Waals surface area contributed by atoms with Crippen molar-refractivity contribution >= 4 is 5.69 Å². The second kappa shape index (κ2) is 3.84. The SMILES string of the molecule is Nc1cn(CC2CCCO2)ccc1=O. The van der Waals surface area contributed by atoms with Crippen molar-refractivity contribution in [3.63, 3.8) is 0 Å². The maximum atomic E-state index is 11.0. The van der Waals surface area contributed by atoms with Gasteiger partial charge in [0.25, 0.3) is 0 Å². The van der Waals surface area contributed by atoms with Crippen LogP contribution in [0.25, 0.3) is 0 Å². The molecule has 4 heteroatoms. The smallest absolute Gasteiger partial charge is 0.204 e. The number of hydrogen-bond acceptors (Lipinski definition) is 3. The molecule has 0 spiro atoms. The monoisotopic (exact) mass is 194 g/mol. The van der Waals surface area contributed by atoms with Crippen molar-refractivity contribution in [2.45, 2.75) is 25.5 Å². The molecular weight excluding hydrogens is 180 g/mol. The van der Waals surface area contributed by atoms with Gasteiger partial charge in [0.05, 0.1) is 11.8 Å². The minimum Gasteiger partial charge on any atom is -0.394 e. The van der Waals surface area contributed by atoms with E-state index in [0.717, 1.165) is 26.0 Å². The average Bonchev–Trinajstić information content (AvgIpc) is 2.64. The Morgan fingerprint density at radius 1 is 1.64 bits per heavy atom. The molecule has 1 aliphatic heterocycles. The summed E-state index contributed by atoms with van der Waals surface area (Å²) in [6, 6.07) is 1.49. The van der Waals surface area contributed by atoms with Gasteiger partial charge in [0.15, 0.2) is 0 Å². The first-order valence-electron chi connectivity index (χ1n) is 4.83. The Labute approximate surface area is 82.3 Å². The molecule has 14 heavy (non-hydrogen) atoms. The van der Waals surface area contributed by atoms with E-state index in [2.05, 4.69) is 0 Å². The molecule has 1 aliphatic rings. The Hall–Kier alpha value is -1.29. The van der Waals surface area contributed by atoms with E-state index in [1.165, 1.54) is 6.07 Å². The summed E-state index contributed by atoms with van der Waals surface area (Å²) >= 11 is 0. The average molecular weight is 194 g/mol. The molecule has 2 N–H and O–H groups in total. The zero-order valence-electron chi connectivity index (χ0n) is 7.98. The highest BCUT2D eigenvalue weighted by atomic mass is 16.5. The predicted molar refractivity (Wildman–Crippen MR) is 54.1 cm³/mol. The molecular formula is C10H14N2O2. The van der Waals surface area contributed by atoms with Gasteiger partial charge >= 0.3 is 0 Å². The van der Waals surface area contributed by atoms with Crippen molar-refractivity contribution < 1.29 is 4.74 Å². The van der Waals surface area contributed by atoms with E-state index in [9.17, 15) is 4.79 Å². The Kier molecular flexibility index (Phi) is 2.54. The molecule has 0 bridgehead atoms. The Balaban J connectivity index is 2.09. The minimum absolute atomic E-state index is 0.117. The first kappa shape index (κ1) is 9.27. The van der Waals surface area contributed by atoms with Crippen molar-refractivity contribution in [1.82, 2.24) is 4.57 Å². The fraction of sp³-hybridized carbons (Fsp3) is 0.500. The maximum absolute atomic E-state index is 11.0. The van der Waals surface area contributed by atoms with Gasteiger partial charge in [-0.2, -0.15) is 0 Å². The summed E-state index contributed by atoms with van der Waals surface area (Å²) in [7, 11) is 0. The lowest BCUT2D eigenvalue weighted by Gasteiger charge is -2.12. The summed E-state index contributed by atoms with van der Waals surface area (Å²) in [5.74, 6) is 0. The zero-order valence-corrected chi connectivity index (χ0v) is 7.98. The van der Waals surface area contributed by atoms with Gasteiger partial charge in [0, 0.05) is 31.6 Å². The van der Waals surface area contributed by atoms with Gasteiger partial charge in [-0.05, 0) is 12.8 Å². The molecule has 2 heterocycles. The van der Waals surface area contributed by atoms with Gasteiger partial charge in [-0.3, -0.25) is 4.79 Å². The number of rotatable bonds is 2. The molecule has 1 fully saturated rings. The molecule has 2 rings (SSSR count). The Morgan fingerprint density at radius 2 is 2.50 bits per heavy atom. The van der Waals surface area contributed by atoms with Crippen LogP contribution in [-0.4, -0.2) is 17.3 Å². The Morgan fingerprint density at radius 3 is 3.14 bits per heavy atom. The topological polar surface area (TPSA) is 57.2 Å². The third-order valence-electron chi connectivity index (χ3n) is 2.45. The minimum atomic E-state index is -0.117. The summed E-state index contributed by atoms with van der Waals surface area (Å²) in [6.45, 7) is 1.63. The molecule has 1 saturated heterocycles. The second-order valence-electron chi connectivity index (χ2n) is 3.60. The van der Waals surface area contributed by atoms with Crippen molar-refractivity contribution in [2.24, 2.45) is 0 Å². The van der Waals surface area contributed by atoms with Crippen LogP contribution in [0.1, 0.15) is 12.8 Å². The lowest BCUT2D eigenvalue weighted by atomic mass is 10.2. The zero-order chi connectivity index (χ0) is 9.97. The number of nitrogens with two attached hydrogens (primary N) is 1. The van der Waals surface area contributed by atoms with Gasteiger partial charge in [0.2, 0.25) is 5.43 Å².